The molecule has 0 aliphatic carbocycles. The van der Waals surface area contributed by atoms with Gasteiger partial charge in [-0.25, -0.2) is 8.42 Å². The average Bonchev–Trinajstić information content (AvgIpc) is 2.97. The van der Waals surface area contributed by atoms with Crippen molar-refractivity contribution in [2.24, 2.45) is 0 Å². The fraction of sp³-hybridized carbons (Fsp3) is 0.346. The number of carbonyl (C=O) groups excluding carboxylic acids is 1. The van der Waals surface area contributed by atoms with Crippen molar-refractivity contribution in [3.8, 4) is 17.0 Å². The molecule has 2 fully saturated rings. The molecule has 2 aliphatic rings. The van der Waals surface area contributed by atoms with Crippen LogP contribution >= 0.6 is 0 Å². The molecule has 2 saturated heterocycles. The van der Waals surface area contributed by atoms with Crippen molar-refractivity contribution in [2.75, 3.05) is 64.5 Å². The Morgan fingerprint density at radius 2 is 1.51 bits per heavy atom. The van der Waals surface area contributed by atoms with Gasteiger partial charge in [-0.2, -0.15) is 4.31 Å². The van der Waals surface area contributed by atoms with E-state index >= 15 is 0 Å². The fourth-order valence-corrected chi connectivity index (χ4v) is 5.84. The number of sulfonamides is 1. The van der Waals surface area contributed by atoms with Gasteiger partial charge in [-0.1, -0.05) is 0 Å². The van der Waals surface area contributed by atoms with E-state index in [0.717, 1.165) is 22.8 Å². The molecule has 3 aromatic rings. The van der Waals surface area contributed by atoms with Gasteiger partial charge in [0.1, 0.15) is 5.75 Å². The molecule has 37 heavy (non-hydrogen) atoms. The third-order valence-electron chi connectivity index (χ3n) is 6.64. The Hall–Kier alpha value is -3.54. The summed E-state index contributed by atoms with van der Waals surface area (Å²) in [6.45, 7) is 3.78. The van der Waals surface area contributed by atoms with Crippen molar-refractivity contribution in [3.05, 3.63) is 66.2 Å². The van der Waals surface area contributed by atoms with Gasteiger partial charge in [0.15, 0.2) is 5.82 Å². The molecule has 1 aromatic heterocycles. The van der Waals surface area contributed by atoms with Crippen LogP contribution in [0.3, 0.4) is 0 Å². The highest BCUT2D eigenvalue weighted by Crippen LogP contribution is 2.23. The predicted octanol–water partition coefficient (Wildman–Crippen LogP) is 2.14. The van der Waals surface area contributed by atoms with E-state index in [2.05, 4.69) is 15.1 Å². The molecule has 0 N–H and O–H groups in total. The molecule has 0 unspecified atom stereocenters. The SMILES string of the molecule is COc1ccc(-c2ccc(N3CCN(C(=O)c4ccc(S(=O)(=O)N5CCOCC5)cc4)CC3)nn2)cc1. The van der Waals surface area contributed by atoms with Crippen LogP contribution in [0.25, 0.3) is 11.3 Å². The van der Waals surface area contributed by atoms with Gasteiger partial charge < -0.3 is 19.3 Å². The number of rotatable bonds is 6. The number of amides is 1. The normalized spacial score (nSPS) is 17.0. The van der Waals surface area contributed by atoms with Crippen molar-refractivity contribution < 1.29 is 22.7 Å². The Morgan fingerprint density at radius 1 is 0.838 bits per heavy atom. The highest BCUT2D eigenvalue weighted by atomic mass is 32.2. The minimum Gasteiger partial charge on any atom is -0.497 e. The molecule has 10 nitrogen and oxygen atoms in total. The standard InChI is InChI=1S/C26H29N5O5S/c1-35-22-6-2-20(3-7-22)24-10-11-25(28-27-24)29-12-14-30(15-13-29)26(32)21-4-8-23(9-5-21)37(33,34)31-16-18-36-19-17-31/h2-11H,12-19H2,1H3. The van der Waals surface area contributed by atoms with Crippen LogP contribution in [0.1, 0.15) is 10.4 Å². The number of methoxy groups -OCH3 is 1. The van der Waals surface area contributed by atoms with E-state index in [1.165, 1.54) is 16.4 Å². The number of hydrogen-bond donors (Lipinski definition) is 0. The van der Waals surface area contributed by atoms with Crippen LogP contribution < -0.4 is 9.64 Å². The third kappa shape index (κ3) is 5.43. The van der Waals surface area contributed by atoms with E-state index < -0.39 is 10.0 Å². The second-order valence-corrected chi connectivity index (χ2v) is 10.8. The Labute approximate surface area is 216 Å². The molecule has 5 rings (SSSR count). The average molecular weight is 524 g/mol. The Bertz CT molecular complexity index is 1320. The zero-order chi connectivity index (χ0) is 25.8. The lowest BCUT2D eigenvalue weighted by atomic mass is 10.1. The number of nitrogens with zero attached hydrogens (tertiary/aromatic N) is 5. The van der Waals surface area contributed by atoms with Crippen LogP contribution in [0.4, 0.5) is 5.82 Å². The topological polar surface area (TPSA) is 105 Å². The predicted molar refractivity (Wildman–Crippen MR) is 138 cm³/mol. The maximum Gasteiger partial charge on any atom is 0.253 e. The first-order valence-corrected chi connectivity index (χ1v) is 13.6. The third-order valence-corrected chi connectivity index (χ3v) is 8.55. The zero-order valence-electron chi connectivity index (χ0n) is 20.6. The number of morpholine rings is 1. The Morgan fingerprint density at radius 3 is 2.11 bits per heavy atom. The van der Waals surface area contributed by atoms with E-state index in [4.69, 9.17) is 9.47 Å². The van der Waals surface area contributed by atoms with Gasteiger partial charge in [0, 0.05) is 50.4 Å². The summed E-state index contributed by atoms with van der Waals surface area (Å²) in [5, 5.41) is 8.76. The number of piperazine rings is 1. The first-order chi connectivity index (χ1) is 18.0. The zero-order valence-corrected chi connectivity index (χ0v) is 21.4. The van der Waals surface area contributed by atoms with Crippen LogP contribution in [0, 0.1) is 0 Å². The van der Waals surface area contributed by atoms with E-state index in [9.17, 15) is 13.2 Å². The minimum atomic E-state index is -3.59. The molecule has 11 heteroatoms. The summed E-state index contributed by atoms with van der Waals surface area (Å²) in [6, 6.07) is 17.7. The summed E-state index contributed by atoms with van der Waals surface area (Å²) < 4.78 is 37.5. The molecule has 0 saturated carbocycles. The molecular weight excluding hydrogens is 494 g/mol. The maximum absolute atomic E-state index is 13.0. The van der Waals surface area contributed by atoms with Gasteiger partial charge in [-0.05, 0) is 60.7 Å². The molecule has 0 radical (unpaired) electrons. The molecule has 194 valence electrons. The molecule has 0 atom stereocenters. The molecule has 2 aromatic carbocycles. The second kappa shape index (κ2) is 10.8. The van der Waals surface area contributed by atoms with Crippen LogP contribution in [0.5, 0.6) is 5.75 Å². The summed E-state index contributed by atoms with van der Waals surface area (Å²) in [7, 11) is -1.96. The first kappa shape index (κ1) is 25.1. The highest BCUT2D eigenvalue weighted by Gasteiger charge is 2.27. The van der Waals surface area contributed by atoms with Gasteiger partial charge in [-0.15, -0.1) is 10.2 Å². The minimum absolute atomic E-state index is 0.115. The maximum atomic E-state index is 13.0. The number of aromatic nitrogens is 2. The Kier molecular flexibility index (Phi) is 7.36. The molecule has 1 amide bonds. The van der Waals surface area contributed by atoms with Gasteiger partial charge in [-0.3, -0.25) is 4.79 Å². The number of benzene rings is 2. The molecule has 0 bridgehead atoms. The summed E-state index contributed by atoms with van der Waals surface area (Å²) in [5.74, 6) is 1.44. The number of hydrogen-bond acceptors (Lipinski definition) is 8. The van der Waals surface area contributed by atoms with Crippen molar-refractivity contribution in [3.63, 3.8) is 0 Å². The number of ether oxygens (including phenoxy) is 2. The van der Waals surface area contributed by atoms with Crippen LogP contribution in [0.2, 0.25) is 0 Å². The number of carbonyl (C=O) groups is 1. The number of anilines is 1. The van der Waals surface area contributed by atoms with Gasteiger partial charge in [0.2, 0.25) is 10.0 Å². The smallest absolute Gasteiger partial charge is 0.253 e. The summed E-state index contributed by atoms with van der Waals surface area (Å²) >= 11 is 0. The first-order valence-electron chi connectivity index (χ1n) is 12.2. The van der Waals surface area contributed by atoms with Crippen LogP contribution in [0.15, 0.2) is 65.6 Å². The van der Waals surface area contributed by atoms with Crippen molar-refractivity contribution in [2.45, 2.75) is 4.90 Å². The lowest BCUT2D eigenvalue weighted by molar-refractivity contribution is 0.0730. The lowest BCUT2D eigenvalue weighted by Gasteiger charge is -2.35. The van der Waals surface area contributed by atoms with Crippen molar-refractivity contribution >= 4 is 21.7 Å². The largest absolute Gasteiger partial charge is 0.497 e. The fourth-order valence-electron chi connectivity index (χ4n) is 4.44. The van der Waals surface area contributed by atoms with E-state index in [1.54, 1.807) is 24.1 Å². The Balaban J connectivity index is 1.18. The second-order valence-electron chi connectivity index (χ2n) is 8.83. The molecule has 0 spiro atoms. The van der Waals surface area contributed by atoms with Gasteiger partial charge in [0.25, 0.3) is 5.91 Å². The quantitative estimate of drug-likeness (QED) is 0.484. The molecule has 2 aliphatic heterocycles. The summed E-state index contributed by atoms with van der Waals surface area (Å²) in [4.78, 5) is 17.1. The molecular formula is C26H29N5O5S. The monoisotopic (exact) mass is 523 g/mol. The van der Waals surface area contributed by atoms with Crippen molar-refractivity contribution in [1.29, 1.82) is 0 Å². The summed E-state index contributed by atoms with van der Waals surface area (Å²) in [5.41, 5.74) is 2.20. The van der Waals surface area contributed by atoms with E-state index in [-0.39, 0.29) is 10.8 Å². The van der Waals surface area contributed by atoms with E-state index in [1.807, 2.05) is 36.4 Å². The van der Waals surface area contributed by atoms with E-state index in [0.29, 0.717) is 58.0 Å². The van der Waals surface area contributed by atoms with Crippen LogP contribution in [-0.4, -0.2) is 93.3 Å². The molecule has 3 heterocycles. The summed E-state index contributed by atoms with van der Waals surface area (Å²) in [6.07, 6.45) is 0. The highest BCUT2D eigenvalue weighted by molar-refractivity contribution is 7.89. The van der Waals surface area contributed by atoms with Crippen LogP contribution in [-0.2, 0) is 14.8 Å². The van der Waals surface area contributed by atoms with Crippen molar-refractivity contribution in [1.82, 2.24) is 19.4 Å². The lowest BCUT2D eigenvalue weighted by Crippen LogP contribution is -2.49. The van der Waals surface area contributed by atoms with Gasteiger partial charge >= 0.3 is 0 Å². The van der Waals surface area contributed by atoms with Gasteiger partial charge in [0.05, 0.1) is 30.9 Å².